The van der Waals surface area contributed by atoms with Gasteiger partial charge in [0.15, 0.2) is 0 Å². The third-order valence-electron chi connectivity index (χ3n) is 4.25. The van der Waals surface area contributed by atoms with Crippen LogP contribution in [0.25, 0.3) is 6.08 Å². The lowest BCUT2D eigenvalue weighted by Crippen LogP contribution is -2.35. The van der Waals surface area contributed by atoms with Crippen LogP contribution >= 0.6 is 0 Å². The maximum Gasteiger partial charge on any atom is 0.271 e. The Labute approximate surface area is 174 Å². The highest BCUT2D eigenvalue weighted by Gasteiger charge is 2.29. The summed E-state index contributed by atoms with van der Waals surface area (Å²) in [5.41, 5.74) is 1.35. The number of non-ortho nitro benzene ring substituents is 1. The van der Waals surface area contributed by atoms with Gasteiger partial charge in [-0.15, -0.1) is 0 Å². The summed E-state index contributed by atoms with van der Waals surface area (Å²) in [4.78, 5) is 23.3. The van der Waals surface area contributed by atoms with E-state index in [1.807, 2.05) is 6.92 Å². The van der Waals surface area contributed by atoms with Gasteiger partial charge < -0.3 is 0 Å². The van der Waals surface area contributed by atoms with Gasteiger partial charge in [-0.05, 0) is 42.8 Å². The van der Waals surface area contributed by atoms with Crippen LogP contribution in [-0.4, -0.2) is 19.2 Å². The number of carbonyl (C=O) groups is 1. The summed E-state index contributed by atoms with van der Waals surface area (Å²) in [6.45, 7) is 1.83. The number of hydrogen-bond donors (Lipinski definition) is 0. The maximum atomic E-state index is 13.2. The number of amides is 1. The zero-order valence-electron chi connectivity index (χ0n) is 16.0. The summed E-state index contributed by atoms with van der Waals surface area (Å²) < 4.78 is 27.2. The highest BCUT2D eigenvalue weighted by atomic mass is 32.2. The summed E-state index contributed by atoms with van der Waals surface area (Å²) in [5, 5.41) is 10.9. The fraction of sp³-hybridized carbons (Fsp3) is 0.0455. The van der Waals surface area contributed by atoms with Crippen molar-refractivity contribution < 1.29 is 18.1 Å². The Hall–Kier alpha value is -3.78. The molecule has 1 amide bonds. The van der Waals surface area contributed by atoms with Crippen molar-refractivity contribution in [2.75, 3.05) is 4.31 Å². The van der Waals surface area contributed by atoms with Gasteiger partial charge in [-0.3, -0.25) is 14.9 Å². The molecule has 0 aliphatic carbocycles. The van der Waals surface area contributed by atoms with Gasteiger partial charge in [0.1, 0.15) is 0 Å². The highest BCUT2D eigenvalue weighted by Crippen LogP contribution is 2.25. The Morgan fingerprint density at radius 2 is 1.63 bits per heavy atom. The summed E-state index contributed by atoms with van der Waals surface area (Å²) >= 11 is 0. The Morgan fingerprint density at radius 3 is 2.27 bits per heavy atom. The number of hydrogen-bond acceptors (Lipinski definition) is 5. The van der Waals surface area contributed by atoms with Crippen LogP contribution in [0.3, 0.4) is 0 Å². The second-order valence-electron chi connectivity index (χ2n) is 6.44. The van der Waals surface area contributed by atoms with Crippen LogP contribution in [0.2, 0.25) is 0 Å². The first-order valence-electron chi connectivity index (χ1n) is 8.92. The monoisotopic (exact) mass is 422 g/mol. The molecule has 0 N–H and O–H groups in total. The Kier molecular flexibility index (Phi) is 6.08. The van der Waals surface area contributed by atoms with Gasteiger partial charge in [0.2, 0.25) is 0 Å². The molecule has 3 rings (SSSR count). The number of rotatable bonds is 6. The molecule has 3 aromatic carbocycles. The molecule has 152 valence electrons. The summed E-state index contributed by atoms with van der Waals surface area (Å²) in [7, 11) is -4.17. The number of sulfonamides is 1. The van der Waals surface area contributed by atoms with Gasteiger partial charge in [-0.2, -0.15) is 4.31 Å². The standard InChI is InChI=1S/C22H18N2O5S/c1-17-10-13-21(14-11-17)30(28,29)23(19-7-3-2-4-8-19)22(25)15-12-18-6-5-9-20(16-18)24(26)27/h2-16H,1H3/b15-12+. The minimum atomic E-state index is -4.17. The SMILES string of the molecule is Cc1ccc(S(=O)(=O)N(C(=O)/C=C/c2cccc([N+](=O)[O-])c2)c2ccccc2)cc1. The average molecular weight is 422 g/mol. The zero-order chi connectivity index (χ0) is 21.7. The molecule has 0 atom stereocenters. The molecule has 0 saturated carbocycles. The van der Waals surface area contributed by atoms with E-state index in [0.29, 0.717) is 9.87 Å². The lowest BCUT2D eigenvalue weighted by atomic mass is 10.2. The van der Waals surface area contributed by atoms with Crippen molar-refractivity contribution in [3.8, 4) is 0 Å². The number of nitro groups is 1. The van der Waals surface area contributed by atoms with Crippen molar-refractivity contribution in [1.29, 1.82) is 0 Å². The molecule has 0 spiro atoms. The fourth-order valence-electron chi connectivity index (χ4n) is 2.74. The van der Waals surface area contributed by atoms with E-state index in [0.717, 1.165) is 11.6 Å². The number of nitrogens with zero attached hydrogens (tertiary/aromatic N) is 2. The first-order chi connectivity index (χ1) is 14.3. The first kappa shape index (κ1) is 20.9. The highest BCUT2D eigenvalue weighted by molar-refractivity contribution is 7.93. The number of benzene rings is 3. The van der Waals surface area contributed by atoms with Crippen LogP contribution in [-0.2, 0) is 14.8 Å². The van der Waals surface area contributed by atoms with E-state index in [-0.39, 0.29) is 16.3 Å². The van der Waals surface area contributed by atoms with E-state index in [2.05, 4.69) is 0 Å². The third-order valence-corrected chi connectivity index (χ3v) is 5.99. The Bertz CT molecular complexity index is 1200. The van der Waals surface area contributed by atoms with Crippen LogP contribution in [0.4, 0.5) is 11.4 Å². The topological polar surface area (TPSA) is 97.6 Å². The molecule has 0 bridgehead atoms. The van der Waals surface area contributed by atoms with E-state index >= 15 is 0 Å². The predicted molar refractivity (Wildman–Crippen MR) is 114 cm³/mol. The van der Waals surface area contributed by atoms with Crippen LogP contribution in [0, 0.1) is 17.0 Å². The Morgan fingerprint density at radius 1 is 0.967 bits per heavy atom. The first-order valence-corrected chi connectivity index (χ1v) is 10.4. The second kappa shape index (κ2) is 8.71. The van der Waals surface area contributed by atoms with Crippen LogP contribution in [0.15, 0.2) is 89.8 Å². The minimum absolute atomic E-state index is 0.0194. The Balaban J connectivity index is 2.01. The van der Waals surface area contributed by atoms with Gasteiger partial charge in [0, 0.05) is 18.2 Å². The van der Waals surface area contributed by atoms with Crippen molar-refractivity contribution in [2.45, 2.75) is 11.8 Å². The zero-order valence-corrected chi connectivity index (χ0v) is 16.8. The molecule has 0 fully saturated rings. The van der Waals surface area contributed by atoms with Crippen molar-refractivity contribution in [3.05, 3.63) is 106 Å². The molecule has 0 aliphatic rings. The smallest absolute Gasteiger partial charge is 0.268 e. The van der Waals surface area contributed by atoms with E-state index < -0.39 is 20.9 Å². The predicted octanol–water partition coefficient (Wildman–Crippen LogP) is 4.34. The quantitative estimate of drug-likeness (QED) is 0.334. The van der Waals surface area contributed by atoms with Gasteiger partial charge in [-0.1, -0.05) is 48.0 Å². The number of nitro benzene ring substituents is 1. The molecule has 0 heterocycles. The van der Waals surface area contributed by atoms with Crippen molar-refractivity contribution in [2.24, 2.45) is 0 Å². The van der Waals surface area contributed by atoms with Gasteiger partial charge in [0.05, 0.1) is 15.5 Å². The van der Waals surface area contributed by atoms with E-state index in [1.165, 1.54) is 48.5 Å². The van der Waals surface area contributed by atoms with Gasteiger partial charge >= 0.3 is 0 Å². The average Bonchev–Trinajstić information content (AvgIpc) is 2.73. The molecule has 0 radical (unpaired) electrons. The molecule has 8 heteroatoms. The summed E-state index contributed by atoms with van der Waals surface area (Å²) in [5.74, 6) is -0.798. The van der Waals surface area contributed by atoms with E-state index in [1.54, 1.807) is 36.4 Å². The fourth-order valence-corrected chi connectivity index (χ4v) is 4.13. The van der Waals surface area contributed by atoms with Crippen molar-refractivity contribution in [1.82, 2.24) is 0 Å². The lowest BCUT2D eigenvalue weighted by Gasteiger charge is -2.21. The molecular formula is C22H18N2O5S. The number of anilines is 1. The van der Waals surface area contributed by atoms with E-state index in [4.69, 9.17) is 0 Å². The maximum absolute atomic E-state index is 13.2. The number of carbonyl (C=O) groups excluding carboxylic acids is 1. The summed E-state index contributed by atoms with van der Waals surface area (Å²) in [6.07, 6.45) is 2.42. The molecule has 0 unspecified atom stereocenters. The van der Waals surface area contributed by atoms with Crippen LogP contribution in [0.5, 0.6) is 0 Å². The summed E-state index contributed by atoms with van der Waals surface area (Å²) in [6, 6.07) is 19.9. The molecular weight excluding hydrogens is 404 g/mol. The number of para-hydroxylation sites is 1. The van der Waals surface area contributed by atoms with Crippen LogP contribution in [0.1, 0.15) is 11.1 Å². The van der Waals surface area contributed by atoms with Crippen LogP contribution < -0.4 is 4.31 Å². The van der Waals surface area contributed by atoms with E-state index in [9.17, 15) is 23.3 Å². The minimum Gasteiger partial charge on any atom is -0.268 e. The molecule has 3 aromatic rings. The van der Waals surface area contributed by atoms with Crippen molar-refractivity contribution >= 4 is 33.4 Å². The molecule has 0 saturated heterocycles. The molecule has 30 heavy (non-hydrogen) atoms. The van der Waals surface area contributed by atoms with Gasteiger partial charge in [0.25, 0.3) is 21.6 Å². The van der Waals surface area contributed by atoms with Crippen molar-refractivity contribution in [3.63, 3.8) is 0 Å². The van der Waals surface area contributed by atoms with Gasteiger partial charge in [-0.25, -0.2) is 8.42 Å². The normalized spacial score (nSPS) is 11.4. The largest absolute Gasteiger partial charge is 0.271 e. The lowest BCUT2D eigenvalue weighted by molar-refractivity contribution is -0.384. The number of aryl methyl sites for hydroxylation is 1. The molecule has 0 aliphatic heterocycles. The second-order valence-corrected chi connectivity index (χ2v) is 8.23. The molecule has 7 nitrogen and oxygen atoms in total. The third kappa shape index (κ3) is 4.61. The molecule has 0 aromatic heterocycles.